The molecule has 0 spiro atoms. The van der Waals surface area contributed by atoms with Crippen molar-refractivity contribution in [1.82, 2.24) is 0 Å². The van der Waals surface area contributed by atoms with Gasteiger partial charge in [0.25, 0.3) is 0 Å². The van der Waals surface area contributed by atoms with Gasteiger partial charge >= 0.3 is 0 Å². The molecule has 0 amide bonds. The lowest BCUT2D eigenvalue weighted by molar-refractivity contribution is 0.0179. The van der Waals surface area contributed by atoms with Crippen LogP contribution in [0.3, 0.4) is 0 Å². The van der Waals surface area contributed by atoms with Crippen LogP contribution in [-0.4, -0.2) is 47.6 Å². The summed E-state index contributed by atoms with van der Waals surface area (Å²) in [6, 6.07) is 15.1. The van der Waals surface area contributed by atoms with Crippen LogP contribution in [0.4, 0.5) is 0 Å². The maximum Gasteiger partial charge on any atom is 0.182 e. The van der Waals surface area contributed by atoms with Crippen LogP contribution >= 0.6 is 0 Å². The van der Waals surface area contributed by atoms with E-state index in [2.05, 4.69) is 0 Å². The van der Waals surface area contributed by atoms with Gasteiger partial charge in [0, 0.05) is 30.2 Å². The molecule has 0 unspecified atom stereocenters. The van der Waals surface area contributed by atoms with E-state index < -0.39 is 41.5 Å². The molecule has 0 aromatic heterocycles. The molecule has 0 aliphatic carbocycles. The lowest BCUT2D eigenvalue weighted by Crippen LogP contribution is -2.34. The molecule has 0 saturated carbocycles. The Labute approximate surface area is 227 Å². The summed E-state index contributed by atoms with van der Waals surface area (Å²) in [7, 11) is 0. The third kappa shape index (κ3) is 4.05. The SMILES string of the molecule is O=C1c2c(O)cc(O)cc2O[C@H](c2ccc(O)cc2)[C@H]1c1c(O)cc(O)c2c1O[C@H](c1ccc(O)cc1)[C@H](O)C2. The summed E-state index contributed by atoms with van der Waals surface area (Å²) in [6.07, 6.45) is -3.29. The fourth-order valence-corrected chi connectivity index (χ4v) is 5.43. The van der Waals surface area contributed by atoms with Gasteiger partial charge in [-0.15, -0.1) is 0 Å². The number of aliphatic hydroxyl groups is 1. The Hall–Kier alpha value is -5.09. The van der Waals surface area contributed by atoms with Crippen molar-refractivity contribution in [2.24, 2.45) is 0 Å². The van der Waals surface area contributed by atoms with Gasteiger partial charge in [0.15, 0.2) is 5.78 Å². The first kappa shape index (κ1) is 25.2. The fraction of sp³-hybridized carbons (Fsp3) is 0.167. The van der Waals surface area contributed by atoms with Crippen molar-refractivity contribution in [2.45, 2.75) is 30.7 Å². The van der Waals surface area contributed by atoms with E-state index in [1.165, 1.54) is 42.5 Å². The molecule has 0 saturated heterocycles. The van der Waals surface area contributed by atoms with Gasteiger partial charge in [-0.1, -0.05) is 24.3 Å². The first-order chi connectivity index (χ1) is 19.1. The monoisotopic (exact) mass is 544 g/mol. The average Bonchev–Trinajstić information content (AvgIpc) is 2.90. The van der Waals surface area contributed by atoms with Crippen LogP contribution in [0.1, 0.15) is 50.7 Å². The van der Waals surface area contributed by atoms with Crippen molar-refractivity contribution >= 4 is 5.78 Å². The molecular formula is C30H24O10. The van der Waals surface area contributed by atoms with Crippen LogP contribution in [0.2, 0.25) is 0 Å². The van der Waals surface area contributed by atoms with Crippen LogP contribution in [0.5, 0.6) is 46.0 Å². The number of phenolic OH excluding ortho intramolecular Hbond substituents is 6. The predicted octanol–water partition coefficient (Wildman–Crippen LogP) is 4.06. The molecule has 2 aliphatic rings. The number of hydrogen-bond acceptors (Lipinski definition) is 10. The zero-order chi connectivity index (χ0) is 28.3. The number of phenols is 6. The molecule has 7 N–H and O–H groups in total. The number of fused-ring (bicyclic) bond motifs is 2. The van der Waals surface area contributed by atoms with Crippen molar-refractivity contribution in [3.63, 3.8) is 0 Å². The summed E-state index contributed by atoms with van der Waals surface area (Å²) in [5, 5.41) is 72.9. The Morgan fingerprint density at radius 1 is 0.650 bits per heavy atom. The van der Waals surface area contributed by atoms with E-state index in [-0.39, 0.29) is 57.6 Å². The molecule has 40 heavy (non-hydrogen) atoms. The predicted molar refractivity (Wildman–Crippen MR) is 139 cm³/mol. The minimum Gasteiger partial charge on any atom is -0.508 e. The van der Waals surface area contributed by atoms with Crippen molar-refractivity contribution in [3.8, 4) is 46.0 Å². The molecular weight excluding hydrogens is 520 g/mol. The molecule has 6 rings (SSSR count). The zero-order valence-corrected chi connectivity index (χ0v) is 20.7. The second kappa shape index (κ2) is 9.28. The maximum absolute atomic E-state index is 14.1. The summed E-state index contributed by atoms with van der Waals surface area (Å²) in [5.41, 5.74) is 0.837. The molecule has 4 atom stereocenters. The zero-order valence-electron chi connectivity index (χ0n) is 20.7. The quantitative estimate of drug-likeness (QED) is 0.199. The number of aliphatic hydroxyl groups excluding tert-OH is 1. The van der Waals surface area contributed by atoms with E-state index in [1.54, 1.807) is 12.1 Å². The maximum atomic E-state index is 14.1. The van der Waals surface area contributed by atoms with Crippen LogP contribution in [0.15, 0.2) is 66.7 Å². The molecule has 0 bridgehead atoms. The summed E-state index contributed by atoms with van der Waals surface area (Å²) >= 11 is 0. The topological polar surface area (TPSA) is 177 Å². The number of ether oxygens (including phenoxy) is 2. The van der Waals surface area contributed by atoms with E-state index in [1.807, 2.05) is 0 Å². The largest absolute Gasteiger partial charge is 0.508 e. The lowest BCUT2D eigenvalue weighted by atomic mass is 9.78. The molecule has 2 aliphatic heterocycles. The first-order valence-electron chi connectivity index (χ1n) is 12.4. The highest BCUT2D eigenvalue weighted by Crippen LogP contribution is 2.55. The van der Waals surface area contributed by atoms with Gasteiger partial charge in [0.05, 0.1) is 17.6 Å². The van der Waals surface area contributed by atoms with Gasteiger partial charge in [-0.25, -0.2) is 0 Å². The number of aromatic hydroxyl groups is 6. The Kier molecular flexibility index (Phi) is 5.85. The number of ketones is 1. The van der Waals surface area contributed by atoms with Gasteiger partial charge in [-0.05, 0) is 35.4 Å². The van der Waals surface area contributed by atoms with Crippen LogP contribution < -0.4 is 9.47 Å². The molecule has 2 heterocycles. The van der Waals surface area contributed by atoms with E-state index in [9.17, 15) is 40.5 Å². The normalized spacial score (nSPS) is 21.6. The summed E-state index contributed by atoms with van der Waals surface area (Å²) in [5.74, 6) is -3.80. The number of carbonyl (C=O) groups is 1. The number of benzene rings is 4. The Morgan fingerprint density at radius 2 is 1.25 bits per heavy atom. The Balaban J connectivity index is 1.56. The first-order valence-corrected chi connectivity index (χ1v) is 12.4. The van der Waals surface area contributed by atoms with Crippen molar-refractivity contribution < 1.29 is 50.0 Å². The number of hydrogen-bond donors (Lipinski definition) is 7. The number of Topliss-reactive ketones (excluding diaryl/α,β-unsaturated/α-hetero) is 1. The molecule has 10 heteroatoms. The Bertz CT molecular complexity index is 1630. The second-order valence-corrected chi connectivity index (χ2v) is 9.85. The highest BCUT2D eigenvalue weighted by Gasteiger charge is 2.46. The van der Waals surface area contributed by atoms with E-state index in [0.29, 0.717) is 11.1 Å². The van der Waals surface area contributed by atoms with Crippen molar-refractivity contribution in [3.05, 3.63) is 94.5 Å². The summed E-state index contributed by atoms with van der Waals surface area (Å²) in [6.45, 7) is 0. The van der Waals surface area contributed by atoms with Crippen molar-refractivity contribution in [2.75, 3.05) is 0 Å². The van der Waals surface area contributed by atoms with E-state index >= 15 is 0 Å². The summed E-state index contributed by atoms with van der Waals surface area (Å²) in [4.78, 5) is 14.1. The molecule has 4 aromatic carbocycles. The molecule has 204 valence electrons. The number of rotatable bonds is 3. The highest BCUT2D eigenvalue weighted by atomic mass is 16.5. The second-order valence-electron chi connectivity index (χ2n) is 9.85. The van der Waals surface area contributed by atoms with Gasteiger partial charge < -0.3 is 45.2 Å². The van der Waals surface area contributed by atoms with Gasteiger partial charge in [-0.2, -0.15) is 0 Å². The van der Waals surface area contributed by atoms with Crippen LogP contribution in [0, 0.1) is 0 Å². The highest BCUT2D eigenvalue weighted by molar-refractivity contribution is 6.07. The minimum atomic E-state index is -1.32. The third-order valence-corrected chi connectivity index (χ3v) is 7.29. The van der Waals surface area contributed by atoms with Gasteiger partial charge in [0.1, 0.15) is 63.8 Å². The molecule has 0 radical (unpaired) electrons. The molecule has 4 aromatic rings. The average molecular weight is 545 g/mol. The lowest BCUT2D eigenvalue weighted by Gasteiger charge is -2.37. The van der Waals surface area contributed by atoms with Gasteiger partial charge in [0.2, 0.25) is 0 Å². The van der Waals surface area contributed by atoms with Crippen LogP contribution in [0.25, 0.3) is 0 Å². The van der Waals surface area contributed by atoms with E-state index in [0.717, 1.165) is 12.1 Å². The Morgan fingerprint density at radius 3 is 1.88 bits per heavy atom. The molecule has 10 nitrogen and oxygen atoms in total. The fourth-order valence-electron chi connectivity index (χ4n) is 5.43. The smallest absolute Gasteiger partial charge is 0.182 e. The van der Waals surface area contributed by atoms with Crippen LogP contribution in [-0.2, 0) is 6.42 Å². The summed E-state index contributed by atoms with van der Waals surface area (Å²) < 4.78 is 12.4. The molecule has 0 fully saturated rings. The van der Waals surface area contributed by atoms with Crippen molar-refractivity contribution in [1.29, 1.82) is 0 Å². The number of carbonyl (C=O) groups excluding carboxylic acids is 1. The standard InChI is InChI=1S/C30H24O10/c31-15-5-1-13(2-6-15)28-22(37)11-18-19(34)12-21(36)25(30(18)40-28)26-27(38)24-20(35)9-17(33)10-23(24)39-29(26)14-3-7-16(32)8-4-14/h1-10,12,22,26,28-29,31-37H,11H2/t22-,26+,28-,29-/m1/s1. The third-order valence-electron chi connectivity index (χ3n) is 7.29. The van der Waals surface area contributed by atoms with Gasteiger partial charge in [-0.3, -0.25) is 4.79 Å². The minimum absolute atomic E-state index is 0.0108. The van der Waals surface area contributed by atoms with E-state index in [4.69, 9.17) is 9.47 Å².